The Hall–Kier alpha value is -2.52. The molecule has 10 heteroatoms. The average Bonchev–Trinajstić information content (AvgIpc) is 3.06. The van der Waals surface area contributed by atoms with E-state index >= 15 is 0 Å². The second kappa shape index (κ2) is 8.24. The fourth-order valence-corrected chi connectivity index (χ4v) is 3.46. The highest BCUT2D eigenvalue weighted by atomic mass is 35.5. The van der Waals surface area contributed by atoms with Gasteiger partial charge in [0.2, 0.25) is 5.89 Å². The normalized spacial score (nSPS) is 11.5. The van der Waals surface area contributed by atoms with Crippen LogP contribution in [-0.4, -0.2) is 16.0 Å². The van der Waals surface area contributed by atoms with Gasteiger partial charge < -0.3 is 9.84 Å². The Kier molecular flexibility index (Phi) is 5.95. The topological polar surface area (TPSA) is 68.0 Å². The van der Waals surface area contributed by atoms with E-state index in [0.717, 1.165) is 12.1 Å². The molecule has 1 aromatic heterocycles. The van der Waals surface area contributed by atoms with Crippen molar-refractivity contribution in [2.75, 3.05) is 5.32 Å². The Morgan fingerprint density at radius 3 is 2.68 bits per heavy atom. The van der Waals surface area contributed by atoms with Crippen LogP contribution in [0.2, 0.25) is 5.02 Å². The maximum absolute atomic E-state index is 13.0. The van der Waals surface area contributed by atoms with Crippen LogP contribution in [0.4, 0.5) is 18.9 Å². The first kappa shape index (κ1) is 20.2. The molecule has 3 aromatic rings. The summed E-state index contributed by atoms with van der Waals surface area (Å²) in [6.07, 6.45) is -4.62. The number of nitrogens with zero attached hydrogens (tertiary/aromatic N) is 2. The van der Waals surface area contributed by atoms with Crippen molar-refractivity contribution >= 4 is 35.0 Å². The molecule has 0 aliphatic rings. The number of alkyl halides is 3. The lowest BCUT2D eigenvalue weighted by Crippen LogP contribution is -2.14. The molecule has 1 N–H and O–H groups in total. The zero-order valence-electron chi connectivity index (χ0n) is 14.4. The highest BCUT2D eigenvalue weighted by Crippen LogP contribution is 2.36. The van der Waals surface area contributed by atoms with Gasteiger partial charge in [0.15, 0.2) is 5.82 Å². The number of thioether (sulfide) groups is 1. The summed E-state index contributed by atoms with van der Waals surface area (Å²) in [6, 6.07) is 9.95. The van der Waals surface area contributed by atoms with Crippen molar-refractivity contribution in [3.8, 4) is 0 Å². The minimum Gasteiger partial charge on any atom is -0.340 e. The number of nitrogens with one attached hydrogen (secondary N) is 1. The molecule has 0 saturated heterocycles. The van der Waals surface area contributed by atoms with E-state index in [4.69, 9.17) is 16.1 Å². The van der Waals surface area contributed by atoms with Crippen LogP contribution in [-0.2, 0) is 11.9 Å². The lowest BCUT2D eigenvalue weighted by atomic mass is 10.1. The minimum atomic E-state index is -4.62. The molecule has 1 amide bonds. The van der Waals surface area contributed by atoms with Gasteiger partial charge in [0, 0.05) is 17.5 Å². The second-order valence-corrected chi connectivity index (χ2v) is 7.09. The molecule has 0 radical (unpaired) electrons. The van der Waals surface area contributed by atoms with Crippen molar-refractivity contribution in [3.63, 3.8) is 0 Å². The summed E-state index contributed by atoms with van der Waals surface area (Å²) in [5.74, 6) is 0.749. The smallest absolute Gasteiger partial charge is 0.340 e. The number of benzene rings is 2. The number of hydrogen-bond donors (Lipinski definition) is 1. The molecule has 0 saturated carbocycles. The van der Waals surface area contributed by atoms with E-state index in [9.17, 15) is 18.0 Å². The molecular weight excluding hydrogens is 415 g/mol. The molecule has 5 nitrogen and oxygen atoms in total. The highest BCUT2D eigenvalue weighted by molar-refractivity contribution is 7.98. The fraction of sp³-hybridized carbons (Fsp3) is 0.167. The lowest BCUT2D eigenvalue weighted by Gasteiger charge is -2.13. The number of rotatable bonds is 5. The number of amides is 1. The number of aromatic nitrogens is 2. The number of carbonyl (C=O) groups is 1. The Bertz CT molecular complexity index is 1010. The number of halogens is 4. The predicted octanol–water partition coefficient (Wildman–Crippen LogP) is 5.59. The van der Waals surface area contributed by atoms with Crippen LogP contribution in [0, 0.1) is 6.92 Å². The molecule has 146 valence electrons. The monoisotopic (exact) mass is 427 g/mol. The molecule has 0 fully saturated rings. The van der Waals surface area contributed by atoms with Crippen molar-refractivity contribution < 1.29 is 22.5 Å². The number of carbonyl (C=O) groups excluding carboxylic acids is 1. The maximum Gasteiger partial charge on any atom is 0.417 e. The molecular formula is C18H13ClF3N3O2S. The highest BCUT2D eigenvalue weighted by Gasteiger charge is 2.33. The van der Waals surface area contributed by atoms with Gasteiger partial charge in [-0.1, -0.05) is 28.9 Å². The van der Waals surface area contributed by atoms with Gasteiger partial charge in [-0.05, 0) is 30.3 Å². The molecule has 0 aliphatic carbocycles. The van der Waals surface area contributed by atoms with E-state index in [2.05, 4.69) is 15.5 Å². The van der Waals surface area contributed by atoms with Gasteiger partial charge in [0.1, 0.15) is 0 Å². The fourth-order valence-electron chi connectivity index (χ4n) is 2.34. The van der Waals surface area contributed by atoms with Gasteiger partial charge in [0.05, 0.1) is 21.9 Å². The molecule has 0 atom stereocenters. The number of hydrogen-bond acceptors (Lipinski definition) is 5. The van der Waals surface area contributed by atoms with Crippen molar-refractivity contribution in [2.45, 2.75) is 23.7 Å². The van der Waals surface area contributed by atoms with E-state index in [1.165, 1.54) is 17.8 Å². The van der Waals surface area contributed by atoms with Crippen LogP contribution in [0.3, 0.4) is 0 Å². The summed E-state index contributed by atoms with van der Waals surface area (Å²) in [5.41, 5.74) is -0.700. The van der Waals surface area contributed by atoms with E-state index in [-0.39, 0.29) is 5.69 Å². The summed E-state index contributed by atoms with van der Waals surface area (Å²) >= 11 is 6.92. The quantitative estimate of drug-likeness (QED) is 0.537. The van der Waals surface area contributed by atoms with E-state index < -0.39 is 22.7 Å². The van der Waals surface area contributed by atoms with Gasteiger partial charge in [-0.2, -0.15) is 18.2 Å². The zero-order valence-corrected chi connectivity index (χ0v) is 16.0. The van der Waals surface area contributed by atoms with E-state index in [0.29, 0.717) is 27.9 Å². The van der Waals surface area contributed by atoms with Crippen LogP contribution in [0.25, 0.3) is 0 Å². The Labute approximate surface area is 167 Å². The average molecular weight is 428 g/mol. The molecule has 1 heterocycles. The van der Waals surface area contributed by atoms with Crippen LogP contribution in [0.15, 0.2) is 51.9 Å². The van der Waals surface area contributed by atoms with Gasteiger partial charge in [0.25, 0.3) is 5.91 Å². The molecule has 0 aliphatic heterocycles. The zero-order chi connectivity index (χ0) is 20.3. The van der Waals surface area contributed by atoms with E-state index in [1.807, 2.05) is 0 Å². The van der Waals surface area contributed by atoms with E-state index in [1.54, 1.807) is 31.2 Å². The van der Waals surface area contributed by atoms with Crippen LogP contribution < -0.4 is 5.32 Å². The third kappa shape index (κ3) is 4.85. The number of aryl methyl sites for hydroxylation is 1. The van der Waals surface area contributed by atoms with Gasteiger partial charge in [-0.15, -0.1) is 11.8 Å². The molecule has 0 bridgehead atoms. The van der Waals surface area contributed by atoms with Crippen molar-refractivity contribution in [1.29, 1.82) is 0 Å². The van der Waals surface area contributed by atoms with Crippen LogP contribution in [0.1, 0.15) is 27.6 Å². The summed E-state index contributed by atoms with van der Waals surface area (Å²) < 4.78 is 43.9. The first-order valence-corrected chi connectivity index (χ1v) is 9.29. The molecule has 0 spiro atoms. The maximum atomic E-state index is 13.0. The van der Waals surface area contributed by atoms with Crippen LogP contribution in [0.5, 0.6) is 0 Å². The number of anilines is 1. The summed E-state index contributed by atoms with van der Waals surface area (Å²) in [4.78, 5) is 17.3. The summed E-state index contributed by atoms with van der Waals surface area (Å²) in [7, 11) is 0. The van der Waals surface area contributed by atoms with Crippen molar-refractivity contribution in [3.05, 3.63) is 70.3 Å². The molecule has 28 heavy (non-hydrogen) atoms. The van der Waals surface area contributed by atoms with Gasteiger partial charge >= 0.3 is 6.18 Å². The largest absolute Gasteiger partial charge is 0.417 e. The summed E-state index contributed by atoms with van der Waals surface area (Å²) in [5, 5.41) is 5.83. The predicted molar refractivity (Wildman–Crippen MR) is 99.4 cm³/mol. The Balaban J connectivity index is 1.78. The minimum absolute atomic E-state index is 0.00433. The SMILES string of the molecule is Cc1nc(CSc2ccccc2C(=O)Nc2ccc(Cl)c(C(F)(F)F)c2)no1. The third-order valence-electron chi connectivity index (χ3n) is 3.59. The first-order chi connectivity index (χ1) is 13.2. The first-order valence-electron chi connectivity index (χ1n) is 7.93. The second-order valence-electron chi connectivity index (χ2n) is 5.66. The Morgan fingerprint density at radius 1 is 1.25 bits per heavy atom. The molecule has 3 rings (SSSR count). The third-order valence-corrected chi connectivity index (χ3v) is 4.99. The van der Waals surface area contributed by atoms with Crippen molar-refractivity contribution in [2.24, 2.45) is 0 Å². The molecule has 2 aromatic carbocycles. The molecule has 0 unspecified atom stereocenters. The Morgan fingerprint density at radius 2 is 2.00 bits per heavy atom. The lowest BCUT2D eigenvalue weighted by molar-refractivity contribution is -0.137. The summed E-state index contributed by atoms with van der Waals surface area (Å²) in [6.45, 7) is 1.67. The standard InChI is InChI=1S/C18H13ClF3N3O2S/c1-10-23-16(25-27-10)9-28-15-5-3-2-4-12(15)17(26)24-11-6-7-14(19)13(8-11)18(20,21)22/h2-8H,9H2,1H3,(H,24,26). The van der Waals surface area contributed by atoms with Gasteiger partial charge in [-0.25, -0.2) is 0 Å². The van der Waals surface area contributed by atoms with Gasteiger partial charge in [-0.3, -0.25) is 4.79 Å². The van der Waals surface area contributed by atoms with Crippen LogP contribution >= 0.6 is 23.4 Å². The van der Waals surface area contributed by atoms with Crippen molar-refractivity contribution in [1.82, 2.24) is 10.1 Å².